The monoisotopic (exact) mass is 491 g/mol. The Bertz CT molecular complexity index is 1320. The number of fused-ring (bicyclic) bond motifs is 1. The van der Waals surface area contributed by atoms with Crippen LogP contribution < -0.4 is 0 Å². The van der Waals surface area contributed by atoms with Crippen molar-refractivity contribution in [3.8, 4) is 0 Å². The first kappa shape index (κ1) is 20.8. The number of hydrogen-bond acceptors (Lipinski definition) is 3. The molecule has 5 rings (SSSR count). The van der Waals surface area contributed by atoms with Crippen LogP contribution in [0.2, 0.25) is 0 Å². The van der Waals surface area contributed by atoms with Crippen LogP contribution >= 0.6 is 15.9 Å². The highest BCUT2D eigenvalue weighted by Gasteiger charge is 2.16. The van der Waals surface area contributed by atoms with Gasteiger partial charge in [0.25, 0.3) is 0 Å². The van der Waals surface area contributed by atoms with Crippen LogP contribution in [-0.4, -0.2) is 26.0 Å². The van der Waals surface area contributed by atoms with Crippen molar-refractivity contribution in [2.45, 2.75) is 38.6 Å². The average Bonchev–Trinajstić information content (AvgIpc) is 3.51. The third-order valence-electron chi connectivity index (χ3n) is 5.76. The lowest BCUT2D eigenvalue weighted by Gasteiger charge is -2.11. The lowest BCUT2D eigenvalue weighted by Crippen LogP contribution is -2.09. The van der Waals surface area contributed by atoms with Crippen molar-refractivity contribution in [3.05, 3.63) is 93.5 Å². The summed E-state index contributed by atoms with van der Waals surface area (Å²) < 4.78 is 16.9. The molecule has 0 fully saturated rings. The van der Waals surface area contributed by atoms with Gasteiger partial charge in [0.2, 0.25) is 0 Å². The van der Waals surface area contributed by atoms with Crippen molar-refractivity contribution >= 4 is 33.0 Å². The maximum atomic E-state index is 13.6. The van der Waals surface area contributed by atoms with E-state index in [2.05, 4.69) is 58.9 Å². The predicted molar refractivity (Wildman–Crippen MR) is 128 cm³/mol. The lowest BCUT2D eigenvalue weighted by molar-refractivity contribution is 0.594. The summed E-state index contributed by atoms with van der Waals surface area (Å²) in [6.07, 6.45) is 10.3. The molecule has 32 heavy (non-hydrogen) atoms. The molecule has 4 aromatic rings. The summed E-state index contributed by atoms with van der Waals surface area (Å²) in [5, 5.41) is 10.1. The Balaban J connectivity index is 1.42. The van der Waals surface area contributed by atoms with Crippen LogP contribution in [0, 0.1) is 5.82 Å². The van der Waals surface area contributed by atoms with E-state index >= 15 is 0 Å². The molecule has 0 unspecified atom stereocenters. The van der Waals surface area contributed by atoms with Crippen LogP contribution in [-0.2, 0) is 19.4 Å². The molecule has 0 spiro atoms. The highest BCUT2D eigenvalue weighted by Crippen LogP contribution is 2.23. The van der Waals surface area contributed by atoms with Gasteiger partial charge >= 0.3 is 0 Å². The quantitative estimate of drug-likeness (QED) is 0.329. The smallest absolute Gasteiger partial charge is 0.137 e. The second-order valence-corrected chi connectivity index (χ2v) is 8.93. The third-order valence-corrected chi connectivity index (χ3v) is 6.26. The molecular weight excluding hydrogens is 469 g/mol. The molecule has 2 aromatic heterocycles. The Morgan fingerprint density at radius 3 is 2.75 bits per heavy atom. The van der Waals surface area contributed by atoms with Crippen molar-refractivity contribution < 1.29 is 4.39 Å². The fourth-order valence-electron chi connectivity index (χ4n) is 4.19. The Morgan fingerprint density at radius 2 is 1.94 bits per heavy atom. The molecule has 3 heterocycles. The molecule has 0 aliphatic carbocycles. The van der Waals surface area contributed by atoms with Crippen molar-refractivity contribution in [1.82, 2.24) is 19.7 Å². The number of rotatable bonds is 8. The van der Waals surface area contributed by atoms with Gasteiger partial charge in [0.15, 0.2) is 0 Å². The first-order valence-corrected chi connectivity index (χ1v) is 11.6. The van der Waals surface area contributed by atoms with Crippen LogP contribution in [0.4, 0.5) is 4.39 Å². The second-order valence-electron chi connectivity index (χ2n) is 8.02. The number of benzene rings is 2. The summed E-state index contributed by atoms with van der Waals surface area (Å²) in [6.45, 7) is 0.829. The summed E-state index contributed by atoms with van der Waals surface area (Å²) in [6, 6.07) is 13.1. The van der Waals surface area contributed by atoms with Crippen LogP contribution in [0.25, 0.3) is 10.9 Å². The summed E-state index contributed by atoms with van der Waals surface area (Å²) in [4.78, 5) is 7.61. The predicted octanol–water partition coefficient (Wildman–Crippen LogP) is 5.98. The van der Waals surface area contributed by atoms with Gasteiger partial charge in [0.05, 0.1) is 0 Å². The van der Waals surface area contributed by atoms with Crippen LogP contribution in [0.15, 0.2) is 69.9 Å². The minimum Gasteiger partial charge on any atom is -0.361 e. The number of aromatic nitrogens is 4. The molecule has 0 radical (unpaired) electrons. The van der Waals surface area contributed by atoms with E-state index in [4.69, 9.17) is 0 Å². The van der Waals surface area contributed by atoms with Gasteiger partial charge in [0, 0.05) is 59.3 Å². The van der Waals surface area contributed by atoms with E-state index in [1.54, 1.807) is 0 Å². The third kappa shape index (κ3) is 4.58. The molecule has 0 saturated carbocycles. The normalized spacial score (nSPS) is 13.2. The van der Waals surface area contributed by atoms with Crippen molar-refractivity contribution in [3.63, 3.8) is 0 Å². The van der Waals surface area contributed by atoms with Crippen molar-refractivity contribution in [2.75, 3.05) is 0 Å². The van der Waals surface area contributed by atoms with Crippen LogP contribution in [0.5, 0.6) is 0 Å². The SMILES string of the molecule is Fc1ccc2c(Cc3nnc(Cc4cccc(Br)c4)n3CCCC3=CCC=N3)c[nH]c2c1. The number of aliphatic imine (C=N–C) groups is 1. The van der Waals surface area contributed by atoms with E-state index < -0.39 is 0 Å². The fraction of sp³-hybridized carbons (Fsp3) is 0.240. The van der Waals surface area contributed by atoms with E-state index in [0.29, 0.717) is 12.8 Å². The molecule has 162 valence electrons. The average molecular weight is 492 g/mol. The largest absolute Gasteiger partial charge is 0.361 e. The van der Waals surface area contributed by atoms with Gasteiger partial charge in [-0.25, -0.2) is 4.39 Å². The molecule has 0 bridgehead atoms. The Kier molecular flexibility index (Phi) is 5.99. The molecule has 2 aromatic carbocycles. The zero-order chi connectivity index (χ0) is 21.9. The molecular formula is C25H23BrFN5. The van der Waals surface area contributed by atoms with Crippen molar-refractivity contribution in [2.24, 2.45) is 4.99 Å². The van der Waals surface area contributed by atoms with Gasteiger partial charge in [-0.3, -0.25) is 4.99 Å². The molecule has 5 nitrogen and oxygen atoms in total. The Hall–Kier alpha value is -3.06. The van der Waals surface area contributed by atoms with Gasteiger partial charge in [-0.05, 0) is 54.3 Å². The maximum absolute atomic E-state index is 13.6. The second kappa shape index (κ2) is 9.20. The van der Waals surface area contributed by atoms with Gasteiger partial charge in [-0.15, -0.1) is 10.2 Å². The molecule has 1 aliphatic heterocycles. The Morgan fingerprint density at radius 1 is 1.06 bits per heavy atom. The molecule has 0 atom stereocenters. The summed E-state index contributed by atoms with van der Waals surface area (Å²) >= 11 is 3.55. The topological polar surface area (TPSA) is 58.9 Å². The molecule has 0 amide bonds. The van der Waals surface area contributed by atoms with E-state index in [-0.39, 0.29) is 5.82 Å². The molecule has 7 heteroatoms. The highest BCUT2D eigenvalue weighted by atomic mass is 79.9. The van der Waals surface area contributed by atoms with Gasteiger partial charge in [-0.1, -0.05) is 34.1 Å². The summed E-state index contributed by atoms with van der Waals surface area (Å²) in [7, 11) is 0. The van der Waals surface area contributed by atoms with Gasteiger partial charge < -0.3 is 9.55 Å². The zero-order valence-electron chi connectivity index (χ0n) is 17.6. The minimum absolute atomic E-state index is 0.241. The molecule has 1 N–H and O–H groups in total. The standard InChI is InChI=1S/C25H23BrFN5/c26-19-5-1-4-17(12-19)13-24-30-31-25(32(24)11-3-7-21-6-2-10-28-21)14-18-16-29-23-15-20(27)8-9-22(18)23/h1,4-6,8-10,12,15-16,29H,2-3,7,11,13-14H2. The first-order chi connectivity index (χ1) is 15.7. The number of nitrogens with one attached hydrogen (secondary N) is 1. The number of nitrogens with zero attached hydrogens (tertiary/aromatic N) is 4. The number of allylic oxidation sites excluding steroid dienone is 2. The van der Waals surface area contributed by atoms with Gasteiger partial charge in [0.1, 0.15) is 17.5 Å². The number of H-pyrrole nitrogens is 1. The Labute approximate surface area is 194 Å². The zero-order valence-corrected chi connectivity index (χ0v) is 19.1. The summed E-state index contributed by atoms with van der Waals surface area (Å²) in [5.74, 6) is 1.63. The van der Waals surface area contributed by atoms with E-state index in [1.807, 2.05) is 30.6 Å². The first-order valence-electron chi connectivity index (χ1n) is 10.8. The highest BCUT2D eigenvalue weighted by molar-refractivity contribution is 9.10. The van der Waals surface area contributed by atoms with Crippen molar-refractivity contribution in [1.29, 1.82) is 0 Å². The molecule has 0 saturated heterocycles. The summed E-state index contributed by atoms with van der Waals surface area (Å²) in [5.41, 5.74) is 4.23. The van der Waals surface area contributed by atoms with E-state index in [9.17, 15) is 4.39 Å². The van der Waals surface area contributed by atoms with Gasteiger partial charge in [-0.2, -0.15) is 0 Å². The number of aromatic amines is 1. The lowest BCUT2D eigenvalue weighted by atomic mass is 10.1. The number of halogens is 2. The fourth-order valence-corrected chi connectivity index (χ4v) is 4.64. The van der Waals surface area contributed by atoms with Crippen LogP contribution in [0.1, 0.15) is 42.0 Å². The van der Waals surface area contributed by atoms with E-state index in [1.165, 1.54) is 17.7 Å². The maximum Gasteiger partial charge on any atom is 0.137 e. The number of hydrogen-bond donors (Lipinski definition) is 1. The molecule has 1 aliphatic rings. The van der Waals surface area contributed by atoms with Crippen LogP contribution in [0.3, 0.4) is 0 Å². The van der Waals surface area contributed by atoms with E-state index in [0.717, 1.165) is 64.1 Å². The minimum atomic E-state index is -0.241.